The molecule has 2 heterocycles. The summed E-state index contributed by atoms with van der Waals surface area (Å²) in [5.41, 5.74) is 0.323. The predicted molar refractivity (Wildman–Crippen MR) is 80.8 cm³/mol. The summed E-state index contributed by atoms with van der Waals surface area (Å²) in [4.78, 5) is 11.5. The molecule has 0 radical (unpaired) electrons. The lowest BCUT2D eigenvalue weighted by atomic mass is 9.53. The third-order valence-corrected chi connectivity index (χ3v) is 6.40. The van der Waals surface area contributed by atoms with Crippen molar-refractivity contribution >= 4 is 11.7 Å². The van der Waals surface area contributed by atoms with Crippen LogP contribution in [0.1, 0.15) is 49.0 Å². The maximum absolute atomic E-state index is 13.6. The number of carbonyl (C=O) groups excluding carboxylic acids is 1. The summed E-state index contributed by atoms with van der Waals surface area (Å²) in [6.07, 6.45) is 8.63. The van der Waals surface area contributed by atoms with Gasteiger partial charge in [0.25, 0.3) is 11.3 Å². The van der Waals surface area contributed by atoms with Crippen molar-refractivity contribution in [3.8, 4) is 5.88 Å². The molecule has 5 heteroatoms. The maximum Gasteiger partial charge on any atom is 0.379 e. The number of halogens is 1. The molecule has 2 aromatic rings. The number of rotatable bonds is 2. The van der Waals surface area contributed by atoms with Crippen molar-refractivity contribution in [2.45, 2.75) is 44.1 Å². The topological polar surface area (TPSA) is 45.6 Å². The van der Waals surface area contributed by atoms with E-state index < -0.39 is 6.04 Å². The van der Waals surface area contributed by atoms with E-state index in [1.165, 1.54) is 23.7 Å². The molecule has 4 aliphatic rings. The lowest BCUT2D eigenvalue weighted by Crippen LogP contribution is -2.64. The minimum absolute atomic E-state index is 0.154. The molecule has 23 heavy (non-hydrogen) atoms. The number of pyridine rings is 1. The van der Waals surface area contributed by atoms with Crippen LogP contribution in [0.2, 0.25) is 0 Å². The SMILES string of the molecule is O=C(F)c1c(O)[n+](C23CC4CC(CC(C4)C2)C3)c2ccccn12. The summed E-state index contributed by atoms with van der Waals surface area (Å²) in [5, 5.41) is 10.7. The van der Waals surface area contributed by atoms with Crippen LogP contribution in [-0.2, 0) is 5.54 Å². The first kappa shape index (κ1) is 13.5. The standard InChI is InChI=1S/C18H19FN2O2/c19-16(22)15-17(23)21(14-3-1-2-4-20(14)15)18-8-11-5-12(9-18)7-13(6-11)10-18/h1-4,11-13H,5-10H2/p+1. The van der Waals surface area contributed by atoms with Gasteiger partial charge in [0.05, 0.1) is 6.20 Å². The van der Waals surface area contributed by atoms with E-state index >= 15 is 0 Å². The fourth-order valence-electron chi connectivity index (χ4n) is 6.12. The highest BCUT2D eigenvalue weighted by atomic mass is 19.1. The van der Waals surface area contributed by atoms with Gasteiger partial charge in [-0.15, -0.1) is 0 Å². The second-order valence-corrected chi connectivity index (χ2v) is 7.85. The van der Waals surface area contributed by atoms with E-state index in [1.807, 2.05) is 16.7 Å². The van der Waals surface area contributed by atoms with Crippen molar-refractivity contribution in [2.75, 3.05) is 0 Å². The van der Waals surface area contributed by atoms with Gasteiger partial charge in [0, 0.05) is 6.07 Å². The normalized spacial score (nSPS) is 35.1. The van der Waals surface area contributed by atoms with Gasteiger partial charge in [0.2, 0.25) is 0 Å². The van der Waals surface area contributed by atoms with Crippen molar-refractivity contribution < 1.29 is 18.9 Å². The summed E-state index contributed by atoms with van der Waals surface area (Å²) in [6, 6.07) is 3.92. The summed E-state index contributed by atoms with van der Waals surface area (Å²) >= 11 is 0. The number of aromatic nitrogens is 2. The molecule has 4 fully saturated rings. The fourth-order valence-corrected chi connectivity index (χ4v) is 6.12. The summed E-state index contributed by atoms with van der Waals surface area (Å²) < 4.78 is 17.0. The average molecular weight is 315 g/mol. The van der Waals surface area contributed by atoms with Crippen molar-refractivity contribution in [2.24, 2.45) is 17.8 Å². The largest absolute Gasteiger partial charge is 0.474 e. The third kappa shape index (κ3) is 1.71. The van der Waals surface area contributed by atoms with Crippen LogP contribution < -0.4 is 4.57 Å². The van der Waals surface area contributed by atoms with Gasteiger partial charge in [-0.25, -0.2) is 0 Å². The highest BCUT2D eigenvalue weighted by Crippen LogP contribution is 2.57. The molecule has 4 aliphatic carbocycles. The molecular formula is C18H20FN2O2+. The van der Waals surface area contributed by atoms with E-state index in [2.05, 4.69) is 0 Å². The molecule has 120 valence electrons. The van der Waals surface area contributed by atoms with E-state index in [9.17, 15) is 14.3 Å². The van der Waals surface area contributed by atoms with Crippen molar-refractivity contribution in [1.82, 2.24) is 4.40 Å². The van der Waals surface area contributed by atoms with Crippen LogP contribution in [-0.4, -0.2) is 15.5 Å². The molecule has 0 saturated heterocycles. The molecule has 0 amide bonds. The van der Waals surface area contributed by atoms with Crippen LogP contribution in [0.15, 0.2) is 24.4 Å². The van der Waals surface area contributed by atoms with Gasteiger partial charge in [0.15, 0.2) is 0 Å². The first-order valence-corrected chi connectivity index (χ1v) is 8.52. The number of hydrogen-bond donors (Lipinski definition) is 1. The number of carbonyl (C=O) groups is 1. The Bertz CT molecular complexity index is 790. The van der Waals surface area contributed by atoms with Crippen LogP contribution in [0.4, 0.5) is 4.39 Å². The highest BCUT2D eigenvalue weighted by molar-refractivity contribution is 5.89. The summed E-state index contributed by atoms with van der Waals surface area (Å²) in [6.45, 7) is 0. The van der Waals surface area contributed by atoms with Crippen LogP contribution >= 0.6 is 0 Å². The minimum Gasteiger partial charge on any atom is -0.474 e. The Hall–Kier alpha value is -1.91. The second kappa shape index (κ2) is 4.34. The molecule has 0 atom stereocenters. The molecule has 0 spiro atoms. The van der Waals surface area contributed by atoms with Gasteiger partial charge in [0.1, 0.15) is 5.54 Å². The summed E-state index contributed by atoms with van der Waals surface area (Å²) in [5.74, 6) is 1.91. The first-order chi connectivity index (χ1) is 11.1. The lowest BCUT2D eigenvalue weighted by molar-refractivity contribution is -0.758. The number of nitrogens with zero attached hydrogens (tertiary/aromatic N) is 2. The molecular weight excluding hydrogens is 295 g/mol. The van der Waals surface area contributed by atoms with E-state index in [1.54, 1.807) is 12.3 Å². The number of aromatic hydroxyl groups is 1. The maximum atomic E-state index is 13.6. The Balaban J connectivity index is 1.78. The number of imidazole rings is 1. The zero-order valence-corrected chi connectivity index (χ0v) is 12.9. The van der Waals surface area contributed by atoms with Gasteiger partial charge >= 0.3 is 11.9 Å². The molecule has 1 N–H and O–H groups in total. The lowest BCUT2D eigenvalue weighted by Gasteiger charge is -2.54. The molecule has 4 saturated carbocycles. The highest BCUT2D eigenvalue weighted by Gasteiger charge is 2.57. The van der Waals surface area contributed by atoms with Gasteiger partial charge in [-0.1, -0.05) is 6.07 Å². The van der Waals surface area contributed by atoms with Crippen molar-refractivity contribution in [3.63, 3.8) is 0 Å². The van der Waals surface area contributed by atoms with Gasteiger partial charge in [-0.2, -0.15) is 13.4 Å². The van der Waals surface area contributed by atoms with Gasteiger partial charge in [-0.3, -0.25) is 4.79 Å². The molecule has 0 aromatic carbocycles. The Labute approximate surface area is 133 Å². The van der Waals surface area contributed by atoms with Gasteiger partial charge < -0.3 is 5.11 Å². The molecule has 0 aliphatic heterocycles. The van der Waals surface area contributed by atoms with Crippen LogP contribution in [0, 0.1) is 17.8 Å². The average Bonchev–Trinajstić information content (AvgIpc) is 2.78. The van der Waals surface area contributed by atoms with Crippen molar-refractivity contribution in [1.29, 1.82) is 0 Å². The van der Waals surface area contributed by atoms with Crippen LogP contribution in [0.5, 0.6) is 5.88 Å². The van der Waals surface area contributed by atoms with E-state index in [0.717, 1.165) is 19.3 Å². The summed E-state index contributed by atoms with van der Waals surface area (Å²) in [7, 11) is 0. The fraction of sp³-hybridized carbons (Fsp3) is 0.556. The monoisotopic (exact) mass is 315 g/mol. The third-order valence-electron chi connectivity index (χ3n) is 6.40. The first-order valence-electron chi connectivity index (χ1n) is 8.52. The smallest absolute Gasteiger partial charge is 0.379 e. The molecule has 4 bridgehead atoms. The predicted octanol–water partition coefficient (Wildman–Crippen LogP) is 2.97. The zero-order valence-electron chi connectivity index (χ0n) is 12.9. The minimum atomic E-state index is -1.58. The Morgan fingerprint density at radius 1 is 1.17 bits per heavy atom. The number of fused-ring (bicyclic) bond motifs is 1. The van der Waals surface area contributed by atoms with Gasteiger partial charge in [-0.05, 0) is 62.3 Å². The van der Waals surface area contributed by atoms with Crippen LogP contribution in [0.25, 0.3) is 5.65 Å². The van der Waals surface area contributed by atoms with E-state index in [-0.39, 0.29) is 17.1 Å². The quantitative estimate of drug-likeness (QED) is 0.684. The Kier molecular flexibility index (Phi) is 2.55. The second-order valence-electron chi connectivity index (χ2n) is 7.85. The van der Waals surface area contributed by atoms with Crippen molar-refractivity contribution in [3.05, 3.63) is 30.1 Å². The molecule has 4 nitrogen and oxygen atoms in total. The van der Waals surface area contributed by atoms with E-state index in [4.69, 9.17) is 0 Å². The number of hydrogen-bond acceptors (Lipinski definition) is 2. The zero-order chi connectivity index (χ0) is 15.8. The Morgan fingerprint density at radius 3 is 2.35 bits per heavy atom. The molecule has 0 unspecified atom stereocenters. The Morgan fingerprint density at radius 2 is 1.78 bits per heavy atom. The van der Waals surface area contributed by atoms with E-state index in [0.29, 0.717) is 23.4 Å². The molecule has 2 aromatic heterocycles. The van der Waals surface area contributed by atoms with Crippen LogP contribution in [0.3, 0.4) is 0 Å². The molecule has 6 rings (SSSR count).